The van der Waals surface area contributed by atoms with E-state index in [1.54, 1.807) is 10.8 Å². The second-order valence-corrected chi connectivity index (χ2v) is 5.82. The number of rotatable bonds is 4. The molecule has 0 radical (unpaired) electrons. The van der Waals surface area contributed by atoms with Crippen LogP contribution >= 0.6 is 0 Å². The Hall–Kier alpha value is -2.43. The Morgan fingerprint density at radius 2 is 2.09 bits per heavy atom. The van der Waals surface area contributed by atoms with E-state index in [0.29, 0.717) is 5.78 Å². The Kier molecular flexibility index (Phi) is 3.25. The lowest BCUT2D eigenvalue weighted by atomic mass is 10.1. The van der Waals surface area contributed by atoms with Gasteiger partial charge in [0.25, 0.3) is 5.78 Å². The standard InChI is InChI=1S/C17H19N5/c1-2-4-14-10-16(22-17(21-14)18-11-19-22)20-15-8-7-12-5-3-6-13(12)9-15/h7-11,20H,2-6H2,1H3. The molecule has 4 rings (SSSR count). The Labute approximate surface area is 129 Å². The third-order valence-electron chi connectivity index (χ3n) is 4.18. The highest BCUT2D eigenvalue weighted by molar-refractivity contribution is 5.60. The Bertz CT molecular complexity index is 821. The number of fused-ring (bicyclic) bond motifs is 2. The minimum absolute atomic E-state index is 0.648. The second kappa shape index (κ2) is 5.40. The zero-order valence-electron chi connectivity index (χ0n) is 12.7. The average Bonchev–Trinajstić information content (AvgIpc) is 3.15. The van der Waals surface area contributed by atoms with Crippen LogP contribution in [0.25, 0.3) is 5.78 Å². The molecule has 2 aromatic heterocycles. The maximum atomic E-state index is 4.53. The summed E-state index contributed by atoms with van der Waals surface area (Å²) in [6.45, 7) is 2.16. The molecule has 22 heavy (non-hydrogen) atoms. The smallest absolute Gasteiger partial charge is 0.254 e. The third-order valence-corrected chi connectivity index (χ3v) is 4.18. The summed E-state index contributed by atoms with van der Waals surface area (Å²) in [5, 5.41) is 7.75. The van der Waals surface area contributed by atoms with E-state index in [1.165, 1.54) is 30.4 Å². The summed E-state index contributed by atoms with van der Waals surface area (Å²) in [6, 6.07) is 8.70. The van der Waals surface area contributed by atoms with Crippen LogP contribution in [0.15, 0.2) is 30.6 Å². The van der Waals surface area contributed by atoms with Gasteiger partial charge in [-0.05, 0) is 48.9 Å². The van der Waals surface area contributed by atoms with E-state index in [4.69, 9.17) is 0 Å². The van der Waals surface area contributed by atoms with Gasteiger partial charge in [-0.2, -0.15) is 14.6 Å². The van der Waals surface area contributed by atoms with Crippen molar-refractivity contribution in [1.29, 1.82) is 0 Å². The highest BCUT2D eigenvalue weighted by Crippen LogP contribution is 2.26. The first-order chi connectivity index (χ1) is 10.8. The summed E-state index contributed by atoms with van der Waals surface area (Å²) in [7, 11) is 0. The molecule has 0 aliphatic heterocycles. The second-order valence-electron chi connectivity index (χ2n) is 5.82. The van der Waals surface area contributed by atoms with Crippen molar-refractivity contribution < 1.29 is 0 Å². The molecule has 0 fully saturated rings. The Morgan fingerprint density at radius 3 is 3.00 bits per heavy atom. The van der Waals surface area contributed by atoms with Gasteiger partial charge in [0.05, 0.1) is 0 Å². The van der Waals surface area contributed by atoms with Crippen molar-refractivity contribution in [2.24, 2.45) is 0 Å². The molecule has 112 valence electrons. The predicted molar refractivity (Wildman–Crippen MR) is 86.5 cm³/mol. The summed E-state index contributed by atoms with van der Waals surface area (Å²) in [4.78, 5) is 8.76. The van der Waals surface area contributed by atoms with Gasteiger partial charge < -0.3 is 5.32 Å². The highest BCUT2D eigenvalue weighted by Gasteiger charge is 2.12. The fourth-order valence-corrected chi connectivity index (χ4v) is 3.13. The van der Waals surface area contributed by atoms with Crippen LogP contribution in [-0.4, -0.2) is 19.6 Å². The van der Waals surface area contributed by atoms with Gasteiger partial charge in [-0.25, -0.2) is 4.98 Å². The lowest BCUT2D eigenvalue weighted by Crippen LogP contribution is -2.04. The van der Waals surface area contributed by atoms with Gasteiger partial charge in [0.1, 0.15) is 12.1 Å². The molecule has 3 aromatic rings. The molecule has 1 N–H and O–H groups in total. The van der Waals surface area contributed by atoms with Gasteiger partial charge in [-0.15, -0.1) is 0 Å². The zero-order chi connectivity index (χ0) is 14.9. The van der Waals surface area contributed by atoms with Crippen LogP contribution < -0.4 is 5.32 Å². The number of hydrogen-bond donors (Lipinski definition) is 1. The monoisotopic (exact) mass is 293 g/mol. The third kappa shape index (κ3) is 2.32. The fourth-order valence-electron chi connectivity index (χ4n) is 3.13. The molecule has 5 nitrogen and oxygen atoms in total. The van der Waals surface area contributed by atoms with E-state index in [2.05, 4.69) is 51.6 Å². The first kappa shape index (κ1) is 13.2. The zero-order valence-corrected chi connectivity index (χ0v) is 12.7. The van der Waals surface area contributed by atoms with Crippen molar-refractivity contribution in [1.82, 2.24) is 19.6 Å². The molecule has 0 atom stereocenters. The van der Waals surface area contributed by atoms with Crippen molar-refractivity contribution in [3.05, 3.63) is 47.4 Å². The molecule has 0 spiro atoms. The molecule has 0 saturated heterocycles. The lowest BCUT2D eigenvalue weighted by Gasteiger charge is -2.11. The molecule has 1 aliphatic carbocycles. The van der Waals surface area contributed by atoms with Gasteiger partial charge in [-0.1, -0.05) is 19.4 Å². The average molecular weight is 293 g/mol. The van der Waals surface area contributed by atoms with Gasteiger partial charge in [0, 0.05) is 17.4 Å². The summed E-state index contributed by atoms with van der Waals surface area (Å²) >= 11 is 0. The van der Waals surface area contributed by atoms with E-state index in [1.807, 2.05) is 0 Å². The van der Waals surface area contributed by atoms with Crippen LogP contribution in [0.5, 0.6) is 0 Å². The number of nitrogens with zero attached hydrogens (tertiary/aromatic N) is 4. The normalized spacial score (nSPS) is 13.5. The molecule has 0 amide bonds. The van der Waals surface area contributed by atoms with E-state index in [-0.39, 0.29) is 0 Å². The maximum absolute atomic E-state index is 4.53. The number of aryl methyl sites for hydroxylation is 3. The summed E-state index contributed by atoms with van der Waals surface area (Å²) < 4.78 is 1.76. The minimum atomic E-state index is 0.648. The minimum Gasteiger partial charge on any atom is -0.340 e. The fraction of sp³-hybridized carbons (Fsp3) is 0.353. The summed E-state index contributed by atoms with van der Waals surface area (Å²) in [6.07, 6.45) is 7.21. The molecule has 2 heterocycles. The Balaban J connectivity index is 1.72. The molecule has 0 saturated carbocycles. The number of benzene rings is 1. The van der Waals surface area contributed by atoms with Crippen molar-refractivity contribution in [2.45, 2.75) is 39.0 Å². The quantitative estimate of drug-likeness (QED) is 0.802. The van der Waals surface area contributed by atoms with Gasteiger partial charge in [0.2, 0.25) is 0 Å². The van der Waals surface area contributed by atoms with Gasteiger partial charge in [0.15, 0.2) is 0 Å². The van der Waals surface area contributed by atoms with Crippen molar-refractivity contribution in [3.63, 3.8) is 0 Å². The Morgan fingerprint density at radius 1 is 1.18 bits per heavy atom. The maximum Gasteiger partial charge on any atom is 0.254 e. The van der Waals surface area contributed by atoms with Gasteiger partial charge in [-0.3, -0.25) is 0 Å². The topological polar surface area (TPSA) is 55.1 Å². The van der Waals surface area contributed by atoms with Crippen LogP contribution in [-0.2, 0) is 19.3 Å². The molecule has 1 aromatic carbocycles. The first-order valence-electron chi connectivity index (χ1n) is 7.92. The molecular formula is C17H19N5. The molecular weight excluding hydrogens is 274 g/mol. The first-order valence-corrected chi connectivity index (χ1v) is 7.92. The number of nitrogens with one attached hydrogen (secondary N) is 1. The molecule has 5 heteroatoms. The van der Waals surface area contributed by atoms with Gasteiger partial charge >= 0.3 is 0 Å². The predicted octanol–water partition coefficient (Wildman–Crippen LogP) is 3.31. The van der Waals surface area contributed by atoms with Crippen LogP contribution in [0.2, 0.25) is 0 Å². The van der Waals surface area contributed by atoms with E-state index in [9.17, 15) is 0 Å². The largest absolute Gasteiger partial charge is 0.340 e. The summed E-state index contributed by atoms with van der Waals surface area (Å²) in [5.74, 6) is 1.57. The van der Waals surface area contributed by atoms with Crippen molar-refractivity contribution in [2.75, 3.05) is 5.32 Å². The SMILES string of the molecule is CCCc1cc(Nc2ccc3c(c2)CCC3)n2ncnc2n1. The number of anilines is 2. The molecule has 0 bridgehead atoms. The summed E-state index contributed by atoms with van der Waals surface area (Å²) in [5.41, 5.74) is 5.10. The van der Waals surface area contributed by atoms with Crippen LogP contribution in [0, 0.1) is 0 Å². The molecule has 0 unspecified atom stereocenters. The van der Waals surface area contributed by atoms with Crippen molar-refractivity contribution >= 4 is 17.3 Å². The highest BCUT2D eigenvalue weighted by atomic mass is 15.3. The van der Waals surface area contributed by atoms with E-state index >= 15 is 0 Å². The van der Waals surface area contributed by atoms with Crippen LogP contribution in [0.3, 0.4) is 0 Å². The lowest BCUT2D eigenvalue weighted by molar-refractivity contribution is 0.860. The van der Waals surface area contributed by atoms with E-state index < -0.39 is 0 Å². The van der Waals surface area contributed by atoms with E-state index in [0.717, 1.165) is 30.0 Å². The number of aromatic nitrogens is 4. The number of hydrogen-bond acceptors (Lipinski definition) is 4. The molecule has 1 aliphatic rings. The van der Waals surface area contributed by atoms with Crippen molar-refractivity contribution in [3.8, 4) is 0 Å². The van der Waals surface area contributed by atoms with Crippen LogP contribution in [0.4, 0.5) is 11.5 Å². The van der Waals surface area contributed by atoms with Crippen LogP contribution in [0.1, 0.15) is 36.6 Å².